The quantitative estimate of drug-likeness (QED) is 0.860. The third kappa shape index (κ3) is 2.71. The van der Waals surface area contributed by atoms with Gasteiger partial charge < -0.3 is 15.4 Å². The van der Waals surface area contributed by atoms with Gasteiger partial charge in [-0.2, -0.15) is 0 Å². The molecule has 2 atom stereocenters. The second kappa shape index (κ2) is 6.11. The lowest BCUT2D eigenvalue weighted by Crippen LogP contribution is -2.44. The Morgan fingerprint density at radius 2 is 2.10 bits per heavy atom. The van der Waals surface area contributed by atoms with Gasteiger partial charge in [-0.25, -0.2) is 9.78 Å². The number of pyridine rings is 1. The van der Waals surface area contributed by atoms with Gasteiger partial charge in [0.25, 0.3) is 0 Å². The van der Waals surface area contributed by atoms with Crippen LogP contribution < -0.4 is 10.6 Å². The molecule has 2 rings (SSSR count). The number of nitrogens with two attached hydrogens (primary N) is 1. The lowest BCUT2D eigenvalue weighted by molar-refractivity contribution is 0.0527. The highest BCUT2D eigenvalue weighted by molar-refractivity contribution is 5.97. The average Bonchev–Trinajstić information content (AvgIpc) is 2.40. The van der Waals surface area contributed by atoms with Crippen LogP contribution in [0, 0.1) is 0 Å². The van der Waals surface area contributed by atoms with E-state index in [9.17, 15) is 4.79 Å². The molecule has 5 heteroatoms. The summed E-state index contributed by atoms with van der Waals surface area (Å²) in [4.78, 5) is 18.5. The van der Waals surface area contributed by atoms with Crippen LogP contribution in [-0.4, -0.2) is 29.6 Å². The Bertz CT molecular complexity index is 480. The van der Waals surface area contributed by atoms with E-state index in [0.29, 0.717) is 35.8 Å². The van der Waals surface area contributed by atoms with Crippen LogP contribution in [0.1, 0.15) is 50.4 Å². The maximum absolute atomic E-state index is 11.9. The van der Waals surface area contributed by atoms with Crippen LogP contribution in [0.25, 0.3) is 0 Å². The van der Waals surface area contributed by atoms with Crippen LogP contribution in [0.2, 0.25) is 0 Å². The number of rotatable bonds is 3. The molecule has 5 nitrogen and oxygen atoms in total. The summed E-state index contributed by atoms with van der Waals surface area (Å²) in [5, 5.41) is 0. The second-order valence-corrected chi connectivity index (χ2v) is 5.35. The van der Waals surface area contributed by atoms with E-state index in [2.05, 4.69) is 23.7 Å². The molecule has 0 aromatic carbocycles. The first-order chi connectivity index (χ1) is 9.56. The van der Waals surface area contributed by atoms with E-state index in [-0.39, 0.29) is 5.97 Å². The number of hydrogen-bond acceptors (Lipinski definition) is 5. The molecule has 110 valence electrons. The maximum atomic E-state index is 11.9. The van der Waals surface area contributed by atoms with Crippen LogP contribution in [0.15, 0.2) is 12.3 Å². The van der Waals surface area contributed by atoms with Crippen molar-refractivity contribution >= 4 is 17.5 Å². The van der Waals surface area contributed by atoms with E-state index in [1.54, 1.807) is 19.2 Å². The number of ether oxygens (including phenoxy) is 1. The standard InChI is InChI=1S/C15H23N3O2/c1-4-20-15(19)12-8-9-17-14(13(12)16)18-10(2)6-5-7-11(18)3/h8-11H,4-7,16H2,1-3H3. The highest BCUT2D eigenvalue weighted by atomic mass is 16.5. The third-order valence-electron chi connectivity index (χ3n) is 3.90. The molecule has 2 heterocycles. The topological polar surface area (TPSA) is 68.5 Å². The predicted octanol–water partition coefficient (Wildman–Crippen LogP) is 2.61. The highest BCUT2D eigenvalue weighted by Crippen LogP contribution is 2.33. The highest BCUT2D eigenvalue weighted by Gasteiger charge is 2.28. The van der Waals surface area contributed by atoms with Gasteiger partial charge in [0.2, 0.25) is 0 Å². The SMILES string of the molecule is CCOC(=O)c1ccnc(N2C(C)CCCC2C)c1N. The molecule has 1 aromatic heterocycles. The Labute approximate surface area is 120 Å². The van der Waals surface area contributed by atoms with Gasteiger partial charge >= 0.3 is 5.97 Å². The van der Waals surface area contributed by atoms with Crippen LogP contribution >= 0.6 is 0 Å². The minimum Gasteiger partial charge on any atom is -0.462 e. The van der Waals surface area contributed by atoms with Crippen molar-refractivity contribution in [1.82, 2.24) is 4.98 Å². The fourth-order valence-corrected chi connectivity index (χ4v) is 2.89. The molecule has 1 aromatic rings. The van der Waals surface area contributed by atoms with Crippen molar-refractivity contribution < 1.29 is 9.53 Å². The van der Waals surface area contributed by atoms with Crippen LogP contribution in [0.5, 0.6) is 0 Å². The second-order valence-electron chi connectivity index (χ2n) is 5.35. The number of nitrogen functional groups attached to an aromatic ring is 1. The first-order valence-corrected chi connectivity index (χ1v) is 7.26. The zero-order valence-corrected chi connectivity index (χ0v) is 12.4. The average molecular weight is 277 g/mol. The number of carbonyl (C=O) groups excluding carboxylic acids is 1. The minimum absolute atomic E-state index is 0.340. The first kappa shape index (κ1) is 14.6. The number of anilines is 2. The Morgan fingerprint density at radius 3 is 2.70 bits per heavy atom. The zero-order chi connectivity index (χ0) is 14.7. The minimum atomic E-state index is -0.383. The van der Waals surface area contributed by atoms with Gasteiger partial charge in [-0.15, -0.1) is 0 Å². The number of hydrogen-bond donors (Lipinski definition) is 1. The molecule has 20 heavy (non-hydrogen) atoms. The van der Waals surface area contributed by atoms with Crippen molar-refractivity contribution in [1.29, 1.82) is 0 Å². The molecule has 1 aliphatic heterocycles. The van der Waals surface area contributed by atoms with Crippen molar-refractivity contribution in [2.24, 2.45) is 0 Å². The summed E-state index contributed by atoms with van der Waals surface area (Å²) < 4.78 is 5.04. The monoisotopic (exact) mass is 277 g/mol. The van der Waals surface area contributed by atoms with Gasteiger partial charge in [0.1, 0.15) is 0 Å². The van der Waals surface area contributed by atoms with Crippen molar-refractivity contribution in [3.8, 4) is 0 Å². The van der Waals surface area contributed by atoms with E-state index in [1.807, 2.05) is 0 Å². The fourth-order valence-electron chi connectivity index (χ4n) is 2.89. The van der Waals surface area contributed by atoms with E-state index in [0.717, 1.165) is 12.8 Å². The van der Waals surface area contributed by atoms with E-state index in [1.165, 1.54) is 6.42 Å². The molecule has 0 aliphatic carbocycles. The number of piperidine rings is 1. The van der Waals surface area contributed by atoms with E-state index < -0.39 is 0 Å². The van der Waals surface area contributed by atoms with Crippen LogP contribution in [0.3, 0.4) is 0 Å². The smallest absolute Gasteiger partial charge is 0.340 e. The Hall–Kier alpha value is -1.78. The molecular weight excluding hydrogens is 254 g/mol. The van der Waals surface area contributed by atoms with Crippen LogP contribution in [-0.2, 0) is 4.74 Å². The van der Waals surface area contributed by atoms with Gasteiger partial charge in [0.15, 0.2) is 5.82 Å². The third-order valence-corrected chi connectivity index (χ3v) is 3.90. The van der Waals surface area contributed by atoms with Crippen molar-refractivity contribution in [3.05, 3.63) is 17.8 Å². The molecule has 1 fully saturated rings. The Morgan fingerprint density at radius 1 is 1.45 bits per heavy atom. The van der Waals surface area contributed by atoms with Crippen molar-refractivity contribution in [2.45, 2.75) is 52.1 Å². The molecule has 1 saturated heterocycles. The number of esters is 1. The first-order valence-electron chi connectivity index (χ1n) is 7.26. The van der Waals surface area contributed by atoms with Gasteiger partial charge in [-0.3, -0.25) is 0 Å². The Balaban J connectivity index is 2.37. The number of aromatic nitrogens is 1. The molecule has 0 saturated carbocycles. The van der Waals surface area contributed by atoms with Gasteiger partial charge in [0, 0.05) is 18.3 Å². The lowest BCUT2D eigenvalue weighted by Gasteiger charge is -2.40. The van der Waals surface area contributed by atoms with Gasteiger partial charge in [-0.1, -0.05) is 0 Å². The predicted molar refractivity (Wildman–Crippen MR) is 79.9 cm³/mol. The maximum Gasteiger partial charge on any atom is 0.340 e. The molecule has 0 bridgehead atoms. The summed E-state index contributed by atoms with van der Waals surface area (Å²) >= 11 is 0. The van der Waals surface area contributed by atoms with Gasteiger partial charge in [-0.05, 0) is 46.1 Å². The summed E-state index contributed by atoms with van der Waals surface area (Å²) in [5.74, 6) is 0.321. The van der Waals surface area contributed by atoms with E-state index in [4.69, 9.17) is 10.5 Å². The lowest BCUT2D eigenvalue weighted by atomic mass is 9.97. The largest absolute Gasteiger partial charge is 0.462 e. The summed E-state index contributed by atoms with van der Waals surface area (Å²) in [6.45, 7) is 6.47. The van der Waals surface area contributed by atoms with Crippen LogP contribution in [0.4, 0.5) is 11.5 Å². The van der Waals surface area contributed by atoms with Crippen molar-refractivity contribution in [3.63, 3.8) is 0 Å². The summed E-state index contributed by atoms with van der Waals surface area (Å²) in [5.41, 5.74) is 6.99. The number of nitrogens with zero attached hydrogens (tertiary/aromatic N) is 2. The summed E-state index contributed by atoms with van der Waals surface area (Å²) in [6, 6.07) is 2.38. The van der Waals surface area contributed by atoms with Crippen molar-refractivity contribution in [2.75, 3.05) is 17.2 Å². The molecule has 0 amide bonds. The van der Waals surface area contributed by atoms with E-state index >= 15 is 0 Å². The summed E-state index contributed by atoms with van der Waals surface area (Å²) in [6.07, 6.45) is 5.09. The molecule has 0 radical (unpaired) electrons. The normalized spacial score (nSPS) is 22.6. The molecule has 0 spiro atoms. The fraction of sp³-hybridized carbons (Fsp3) is 0.600. The summed E-state index contributed by atoms with van der Waals surface area (Å²) in [7, 11) is 0. The molecule has 1 aliphatic rings. The number of carbonyl (C=O) groups is 1. The zero-order valence-electron chi connectivity index (χ0n) is 12.4. The molecule has 2 N–H and O–H groups in total. The van der Waals surface area contributed by atoms with Gasteiger partial charge in [0.05, 0.1) is 17.9 Å². The Kier molecular flexibility index (Phi) is 4.47. The molecular formula is C15H23N3O2. The molecule has 2 unspecified atom stereocenters.